The van der Waals surface area contributed by atoms with E-state index in [1.54, 1.807) is 62.3 Å². The van der Waals surface area contributed by atoms with Gasteiger partial charge in [0.1, 0.15) is 87.4 Å². The number of carbonyl (C=O) groups excluding carboxylic acids is 10. The topological polar surface area (TPSA) is 532 Å². The Kier molecular flexibility index (Phi) is 40.9. The molecule has 0 radical (unpaired) electrons. The maximum Gasteiger partial charge on any atom is 0.422 e. The lowest BCUT2D eigenvalue weighted by Gasteiger charge is -2.26. The van der Waals surface area contributed by atoms with Gasteiger partial charge >= 0.3 is 36.2 Å². The summed E-state index contributed by atoms with van der Waals surface area (Å²) >= 11 is 0. The number of unbranched alkanes of at least 4 members (excludes halogenated alkanes) is 3. The summed E-state index contributed by atoms with van der Waals surface area (Å²) in [6.45, 7) is 9.08. The van der Waals surface area contributed by atoms with E-state index in [1.165, 1.54) is 0 Å². The molecule has 0 aliphatic carbocycles. The first-order chi connectivity index (χ1) is 42.0. The molecule has 0 fully saturated rings. The summed E-state index contributed by atoms with van der Waals surface area (Å²) in [6.07, 6.45) is -7.01. The van der Waals surface area contributed by atoms with Crippen molar-refractivity contribution in [3.8, 4) is 0 Å². The van der Waals surface area contributed by atoms with Gasteiger partial charge in [0, 0.05) is 19.6 Å². The quantitative estimate of drug-likeness (QED) is 0.00919. The number of rotatable bonds is 47. The van der Waals surface area contributed by atoms with E-state index < -0.39 is 191 Å². The molecule has 0 heterocycles. The lowest BCUT2D eigenvalue weighted by atomic mass is 10.1. The van der Waals surface area contributed by atoms with Gasteiger partial charge in [-0.15, -0.1) is 0 Å². The number of aldehydes is 1. The van der Waals surface area contributed by atoms with Crippen molar-refractivity contribution in [2.75, 3.05) is 78.9 Å². The summed E-state index contributed by atoms with van der Waals surface area (Å²) in [6, 6.07) is -3.52. The first-order valence-corrected chi connectivity index (χ1v) is 28.7. The smallest absolute Gasteiger partial charge is 0.422 e. The predicted molar refractivity (Wildman–Crippen MR) is 311 cm³/mol. The molecule has 37 heteroatoms. The molecule has 9 amide bonds. The Balaban J connectivity index is 5.93. The Bertz CT molecular complexity index is 2280. The van der Waals surface area contributed by atoms with Gasteiger partial charge in [-0.25, -0.2) is 19.8 Å². The van der Waals surface area contributed by atoms with Gasteiger partial charge in [0.05, 0.1) is 25.3 Å². The van der Waals surface area contributed by atoms with Crippen LogP contribution in [0.1, 0.15) is 120 Å². The van der Waals surface area contributed by atoms with Gasteiger partial charge in [-0.1, -0.05) is 0 Å². The Morgan fingerprint density at radius 1 is 0.433 bits per heavy atom. The molecule has 0 saturated heterocycles. The number of carbonyl (C=O) groups is 13. The summed E-state index contributed by atoms with van der Waals surface area (Å²) in [7, 11) is 0. The Hall–Kier alpha value is -7.65. The fraction of sp³-hybridized carbons (Fsp3) is 0.755. The molecule has 0 aliphatic rings. The van der Waals surface area contributed by atoms with Gasteiger partial charge in [-0.3, -0.25) is 69.8 Å². The number of alkyl carbamates (subject to hydrolysis) is 2. The van der Waals surface area contributed by atoms with Crippen LogP contribution in [0.2, 0.25) is 0 Å². The monoisotopic (exact) mass is 1300 g/mol. The zero-order chi connectivity index (χ0) is 68.5. The average Bonchev–Trinajstić information content (AvgIpc) is 2.32. The fourth-order valence-electron chi connectivity index (χ4n) is 7.12. The molecule has 90 heavy (non-hydrogen) atoms. The number of carboxylic acid groups (broad SMARTS) is 3. The molecular formula is C53H94N12O25. The van der Waals surface area contributed by atoms with Crippen molar-refractivity contribution in [1.29, 1.82) is 0 Å². The normalized spacial score (nSPS) is 13.8. The maximum atomic E-state index is 13.1. The third-order valence-electron chi connectivity index (χ3n) is 10.9. The SMILES string of the molecule is CC(C)(C)OC(=O)NNC(CCCCNC(=O)COC(COCC(=O)NCCCCC(NC(O)NC(=O)OC(C)(C)C)C(=O)NCC(=O)O)C(COCC(=O)NCCCCC(NC(O)NC(=O)OC(C)(C)C)C(=O)NCC(=O)O)OCC=O)C(=O)NCC(=O)O. The number of amides is 9. The minimum absolute atomic E-state index is 0.000253. The van der Waals surface area contributed by atoms with E-state index in [4.69, 9.17) is 48.5 Å². The summed E-state index contributed by atoms with van der Waals surface area (Å²) in [4.78, 5) is 158. The lowest BCUT2D eigenvalue weighted by molar-refractivity contribution is -0.151. The van der Waals surface area contributed by atoms with E-state index in [2.05, 4.69) is 64.0 Å². The number of nitrogens with one attached hydrogen (secondary N) is 12. The van der Waals surface area contributed by atoms with Crippen LogP contribution in [-0.2, 0) is 81.1 Å². The van der Waals surface area contributed by atoms with Crippen molar-refractivity contribution in [3.63, 3.8) is 0 Å². The van der Waals surface area contributed by atoms with Crippen LogP contribution in [0.25, 0.3) is 0 Å². The van der Waals surface area contributed by atoms with E-state index in [-0.39, 0.29) is 77.4 Å². The van der Waals surface area contributed by atoms with E-state index in [0.29, 0.717) is 6.29 Å². The molecule has 0 aromatic carbocycles. The minimum atomic E-state index is -1.78. The zero-order valence-electron chi connectivity index (χ0n) is 52.4. The highest BCUT2D eigenvalue weighted by molar-refractivity contribution is 5.87. The molecule has 17 N–H and O–H groups in total. The average molecular weight is 1300 g/mol. The lowest BCUT2D eigenvalue weighted by Crippen LogP contribution is -2.55. The van der Waals surface area contributed by atoms with E-state index in [9.17, 15) is 72.5 Å². The van der Waals surface area contributed by atoms with E-state index >= 15 is 0 Å². The van der Waals surface area contributed by atoms with Crippen molar-refractivity contribution in [1.82, 2.24) is 64.0 Å². The van der Waals surface area contributed by atoms with Crippen LogP contribution < -0.4 is 64.0 Å². The summed E-state index contributed by atoms with van der Waals surface area (Å²) in [5.41, 5.74) is 2.08. The van der Waals surface area contributed by atoms with Crippen LogP contribution >= 0.6 is 0 Å². The Labute approximate surface area is 520 Å². The molecule has 516 valence electrons. The Morgan fingerprint density at radius 2 is 0.767 bits per heavy atom. The largest absolute Gasteiger partial charge is 0.480 e. The Morgan fingerprint density at radius 3 is 1.12 bits per heavy atom. The molecular weight excluding hydrogens is 1200 g/mol. The van der Waals surface area contributed by atoms with E-state index in [0.717, 1.165) is 0 Å². The second-order valence-electron chi connectivity index (χ2n) is 22.6. The van der Waals surface area contributed by atoms with Gasteiger partial charge < -0.3 is 95.4 Å². The third-order valence-corrected chi connectivity index (χ3v) is 10.9. The number of aliphatic carboxylic acids is 3. The minimum Gasteiger partial charge on any atom is -0.480 e. The summed E-state index contributed by atoms with van der Waals surface area (Å²) < 4.78 is 38.1. The van der Waals surface area contributed by atoms with Crippen LogP contribution in [0.4, 0.5) is 14.4 Å². The highest BCUT2D eigenvalue weighted by Gasteiger charge is 2.29. The summed E-state index contributed by atoms with van der Waals surface area (Å²) in [5, 5.41) is 71.4. The number of ether oxygens (including phenoxy) is 7. The number of hydrazine groups is 1. The number of aliphatic hydroxyl groups excluding tert-OH is 2. The first-order valence-electron chi connectivity index (χ1n) is 28.7. The van der Waals surface area contributed by atoms with Crippen LogP contribution in [0.15, 0.2) is 0 Å². The van der Waals surface area contributed by atoms with Crippen LogP contribution in [-0.4, -0.2) is 242 Å². The van der Waals surface area contributed by atoms with Crippen LogP contribution in [0.3, 0.4) is 0 Å². The molecule has 0 rings (SSSR count). The number of aliphatic hydroxyl groups is 2. The van der Waals surface area contributed by atoms with Gasteiger partial charge in [0.25, 0.3) is 0 Å². The molecule has 0 saturated carbocycles. The predicted octanol–water partition coefficient (Wildman–Crippen LogP) is -3.63. The molecule has 37 nitrogen and oxygen atoms in total. The van der Waals surface area contributed by atoms with Crippen molar-refractivity contribution >= 4 is 77.9 Å². The highest BCUT2D eigenvalue weighted by atomic mass is 16.6. The fourth-order valence-corrected chi connectivity index (χ4v) is 7.12. The molecule has 7 atom stereocenters. The van der Waals surface area contributed by atoms with Crippen molar-refractivity contribution < 1.29 is 121 Å². The van der Waals surface area contributed by atoms with Crippen molar-refractivity contribution in [2.24, 2.45) is 0 Å². The van der Waals surface area contributed by atoms with Gasteiger partial charge in [-0.05, 0) is 120 Å². The second-order valence-corrected chi connectivity index (χ2v) is 22.6. The standard InChI is InChI=1S/C53H94N12O25/c1-51(2,3)88-48(81)62-46(79)60-32(43(76)57-24-40(70)71)16-10-13-19-54-37(67)29-84-27-35(86-23-22-66)36(87-31-39(69)56-21-15-12-18-34(45(78)59-26-42(74)75)64-65-50(83)90-53(7,8)9)28-85-30-38(68)55-20-14-11-17-33(44(77)58-25-41(72)73)61-47(80)63-49(82)89-52(4,5)6/h22,32-36,46-47,60-61,64,79-80H,10-21,23-31H2,1-9H3,(H,54,67)(H,55,68)(H,56,69)(H,57,76)(H,58,77)(H,59,78)(H,62,81)(H,63,82)(H,65,83)(H,70,71)(H,72,73)(H,74,75). The highest BCUT2D eigenvalue weighted by Crippen LogP contribution is 2.12. The molecule has 0 spiro atoms. The summed E-state index contributed by atoms with van der Waals surface area (Å²) in [5.74, 6) is -8.29. The first kappa shape index (κ1) is 82.3. The van der Waals surface area contributed by atoms with Gasteiger partial charge in [0.15, 0.2) is 12.7 Å². The molecule has 0 bridgehead atoms. The van der Waals surface area contributed by atoms with Gasteiger partial charge in [0.2, 0.25) is 35.4 Å². The number of hydrogen-bond donors (Lipinski definition) is 17. The molecule has 0 aliphatic heterocycles. The molecule has 0 aromatic rings. The van der Waals surface area contributed by atoms with Crippen molar-refractivity contribution in [2.45, 2.75) is 180 Å². The molecule has 7 unspecified atom stereocenters. The zero-order valence-corrected chi connectivity index (χ0v) is 52.4. The van der Waals surface area contributed by atoms with E-state index in [1.807, 2.05) is 0 Å². The number of carboxylic acids is 3. The van der Waals surface area contributed by atoms with Gasteiger partial charge in [-0.2, -0.15) is 0 Å². The van der Waals surface area contributed by atoms with Crippen LogP contribution in [0.5, 0.6) is 0 Å². The third kappa shape index (κ3) is 46.5. The maximum absolute atomic E-state index is 13.1. The van der Waals surface area contributed by atoms with Crippen LogP contribution in [0, 0.1) is 0 Å². The second kappa shape index (κ2) is 44.7. The van der Waals surface area contributed by atoms with Crippen molar-refractivity contribution in [3.05, 3.63) is 0 Å². The number of hydrogen-bond acceptors (Lipinski definition) is 25. The molecule has 0 aromatic heterocycles.